The molecule has 0 bridgehead atoms. The highest BCUT2D eigenvalue weighted by atomic mass is 32.1. The first-order valence-electron chi connectivity index (χ1n) is 7.80. The van der Waals surface area contributed by atoms with Crippen LogP contribution in [0, 0.1) is 0 Å². The Kier molecular flexibility index (Phi) is 3.65. The number of aromatic nitrogens is 1. The minimum absolute atomic E-state index is 0.0571. The Morgan fingerprint density at radius 1 is 1.32 bits per heavy atom. The van der Waals surface area contributed by atoms with Crippen molar-refractivity contribution in [2.24, 2.45) is 0 Å². The Balaban J connectivity index is 1.89. The van der Waals surface area contributed by atoms with Gasteiger partial charge in [-0.3, -0.25) is 14.5 Å². The fourth-order valence-corrected chi connectivity index (χ4v) is 3.95. The number of para-hydroxylation sites is 1. The average Bonchev–Trinajstić information content (AvgIpc) is 3.33. The van der Waals surface area contributed by atoms with E-state index in [1.165, 1.54) is 22.5 Å². The number of carbonyl (C=O) groups excluding carboxylic acids is 2. The summed E-state index contributed by atoms with van der Waals surface area (Å²) >= 11 is 1.33. The molecule has 0 saturated heterocycles. The molecule has 1 aromatic carbocycles. The van der Waals surface area contributed by atoms with Gasteiger partial charge in [-0.15, -0.1) is 0 Å². The van der Waals surface area contributed by atoms with Crippen LogP contribution in [-0.2, 0) is 9.59 Å². The highest BCUT2D eigenvalue weighted by Crippen LogP contribution is 2.43. The van der Waals surface area contributed by atoms with Crippen LogP contribution < -0.4 is 4.90 Å². The lowest BCUT2D eigenvalue weighted by Gasteiger charge is -2.21. The van der Waals surface area contributed by atoms with Gasteiger partial charge < -0.3 is 9.52 Å². The van der Waals surface area contributed by atoms with E-state index in [0.29, 0.717) is 10.9 Å². The monoisotopic (exact) mass is 354 g/mol. The SMILES string of the molecule is CCC(=O)C1=C(O)C(=O)N(c2nc3ccccc3s2)C1c1ccco1. The third-order valence-electron chi connectivity index (χ3n) is 4.13. The Hall–Kier alpha value is -2.93. The lowest BCUT2D eigenvalue weighted by Crippen LogP contribution is -2.30. The molecule has 1 N–H and O–H groups in total. The molecule has 7 heteroatoms. The van der Waals surface area contributed by atoms with Crippen molar-refractivity contribution in [2.75, 3.05) is 4.90 Å². The first-order chi connectivity index (χ1) is 12.1. The van der Waals surface area contributed by atoms with Crippen LogP contribution in [0.1, 0.15) is 25.1 Å². The predicted molar refractivity (Wildman–Crippen MR) is 93.5 cm³/mol. The highest BCUT2D eigenvalue weighted by molar-refractivity contribution is 7.22. The van der Waals surface area contributed by atoms with Gasteiger partial charge >= 0.3 is 0 Å². The lowest BCUT2D eigenvalue weighted by atomic mass is 10.00. The number of aliphatic hydroxyl groups excluding tert-OH is 1. The van der Waals surface area contributed by atoms with Gasteiger partial charge in [-0.25, -0.2) is 4.98 Å². The summed E-state index contributed by atoms with van der Waals surface area (Å²) in [6.07, 6.45) is 1.65. The molecule has 0 radical (unpaired) electrons. The number of aliphatic hydroxyl groups is 1. The third kappa shape index (κ3) is 2.35. The van der Waals surface area contributed by atoms with Gasteiger partial charge in [-0.05, 0) is 24.3 Å². The van der Waals surface area contributed by atoms with E-state index in [0.717, 1.165) is 10.2 Å². The fourth-order valence-electron chi connectivity index (χ4n) is 2.96. The maximum atomic E-state index is 12.7. The molecule has 6 nitrogen and oxygen atoms in total. The molecule has 0 saturated carbocycles. The molecule has 1 amide bonds. The molecule has 0 aliphatic carbocycles. The number of anilines is 1. The summed E-state index contributed by atoms with van der Waals surface area (Å²) in [7, 11) is 0. The number of thiazole rings is 1. The van der Waals surface area contributed by atoms with Crippen molar-refractivity contribution in [3.63, 3.8) is 0 Å². The van der Waals surface area contributed by atoms with E-state index in [2.05, 4.69) is 4.98 Å². The Morgan fingerprint density at radius 3 is 2.80 bits per heavy atom. The van der Waals surface area contributed by atoms with E-state index in [9.17, 15) is 14.7 Å². The van der Waals surface area contributed by atoms with Crippen LogP contribution in [0.5, 0.6) is 0 Å². The maximum absolute atomic E-state index is 12.7. The molecule has 1 aliphatic heterocycles. The molecule has 25 heavy (non-hydrogen) atoms. The summed E-state index contributed by atoms with van der Waals surface area (Å²) in [4.78, 5) is 30.9. The van der Waals surface area contributed by atoms with Gasteiger partial charge in [0.2, 0.25) is 0 Å². The number of Topliss-reactive ketones (excluding diaryl/α,β-unsaturated/α-hetero) is 1. The Morgan fingerprint density at radius 2 is 2.12 bits per heavy atom. The second-order valence-corrected chi connectivity index (χ2v) is 6.61. The molecule has 3 heterocycles. The molecular formula is C18H14N2O4S. The number of hydrogen-bond acceptors (Lipinski definition) is 6. The molecule has 1 unspecified atom stereocenters. The zero-order valence-electron chi connectivity index (χ0n) is 13.3. The average molecular weight is 354 g/mol. The zero-order valence-corrected chi connectivity index (χ0v) is 14.1. The molecule has 0 fully saturated rings. The summed E-state index contributed by atoms with van der Waals surface area (Å²) in [5.41, 5.74) is 0.810. The number of benzene rings is 1. The minimum atomic E-state index is -0.810. The van der Waals surface area contributed by atoms with Crippen molar-refractivity contribution in [3.8, 4) is 0 Å². The Bertz CT molecular complexity index is 970. The van der Waals surface area contributed by atoms with Gasteiger partial charge in [0.05, 0.1) is 22.1 Å². The van der Waals surface area contributed by atoms with Crippen LogP contribution in [0.3, 0.4) is 0 Å². The minimum Gasteiger partial charge on any atom is -0.503 e. The standard InChI is InChI=1S/C18H14N2O4S/c1-2-11(21)14-15(12-7-5-9-24-12)20(17(23)16(14)22)18-19-10-6-3-4-8-13(10)25-18/h3-9,15,22H,2H2,1H3. The first kappa shape index (κ1) is 15.6. The topological polar surface area (TPSA) is 83.6 Å². The molecule has 2 aromatic heterocycles. The molecule has 3 aromatic rings. The van der Waals surface area contributed by atoms with Crippen LogP contribution >= 0.6 is 11.3 Å². The number of ketones is 1. The van der Waals surface area contributed by atoms with Crippen LogP contribution in [0.4, 0.5) is 5.13 Å². The fraction of sp³-hybridized carbons (Fsp3) is 0.167. The van der Waals surface area contributed by atoms with E-state index in [4.69, 9.17) is 4.42 Å². The smallest absolute Gasteiger partial charge is 0.296 e. The molecule has 126 valence electrons. The van der Waals surface area contributed by atoms with Gasteiger partial charge in [0.15, 0.2) is 16.7 Å². The summed E-state index contributed by atoms with van der Waals surface area (Å²) in [5, 5.41) is 10.8. The predicted octanol–water partition coefficient (Wildman–Crippen LogP) is 3.77. The summed E-state index contributed by atoms with van der Waals surface area (Å²) in [6, 6.07) is 10.1. The normalized spacial score (nSPS) is 17.7. The number of hydrogen-bond donors (Lipinski definition) is 1. The third-order valence-corrected chi connectivity index (χ3v) is 5.17. The summed E-state index contributed by atoms with van der Waals surface area (Å²) in [5.74, 6) is -1.06. The number of furan rings is 1. The first-order valence-corrected chi connectivity index (χ1v) is 8.62. The van der Waals surface area contributed by atoms with Crippen molar-refractivity contribution >= 4 is 38.4 Å². The maximum Gasteiger partial charge on any atom is 0.296 e. The summed E-state index contributed by atoms with van der Waals surface area (Å²) in [6.45, 7) is 1.69. The summed E-state index contributed by atoms with van der Waals surface area (Å²) < 4.78 is 6.37. The van der Waals surface area contributed by atoms with E-state index in [1.807, 2.05) is 24.3 Å². The van der Waals surface area contributed by atoms with E-state index >= 15 is 0 Å². The quantitative estimate of drug-likeness (QED) is 0.771. The zero-order chi connectivity index (χ0) is 17.6. The van der Waals surface area contributed by atoms with Crippen LogP contribution in [0.2, 0.25) is 0 Å². The van der Waals surface area contributed by atoms with Gasteiger partial charge in [0, 0.05) is 6.42 Å². The largest absolute Gasteiger partial charge is 0.503 e. The van der Waals surface area contributed by atoms with Gasteiger partial charge in [-0.2, -0.15) is 0 Å². The van der Waals surface area contributed by atoms with E-state index < -0.39 is 17.7 Å². The van der Waals surface area contributed by atoms with Gasteiger partial charge in [-0.1, -0.05) is 30.4 Å². The Labute approximate surface area is 147 Å². The number of fused-ring (bicyclic) bond motifs is 1. The van der Waals surface area contributed by atoms with Crippen LogP contribution in [-0.4, -0.2) is 21.8 Å². The van der Waals surface area contributed by atoms with E-state index in [1.54, 1.807) is 19.1 Å². The van der Waals surface area contributed by atoms with Crippen LogP contribution in [0.15, 0.2) is 58.4 Å². The number of carbonyl (C=O) groups is 2. The lowest BCUT2D eigenvalue weighted by molar-refractivity contribution is -0.118. The van der Waals surface area contributed by atoms with Crippen molar-refractivity contribution in [3.05, 3.63) is 59.8 Å². The second-order valence-electron chi connectivity index (χ2n) is 5.60. The van der Waals surface area contributed by atoms with Crippen LogP contribution in [0.25, 0.3) is 10.2 Å². The molecule has 0 spiro atoms. The van der Waals surface area contributed by atoms with Crippen molar-refractivity contribution in [2.45, 2.75) is 19.4 Å². The number of rotatable bonds is 4. The number of amides is 1. The molecule has 1 aliphatic rings. The molecular weight excluding hydrogens is 340 g/mol. The van der Waals surface area contributed by atoms with Gasteiger partial charge in [0.25, 0.3) is 5.91 Å². The van der Waals surface area contributed by atoms with Gasteiger partial charge in [0.1, 0.15) is 11.8 Å². The van der Waals surface area contributed by atoms with Crippen molar-refractivity contribution in [1.82, 2.24) is 4.98 Å². The molecule has 1 atom stereocenters. The highest BCUT2D eigenvalue weighted by Gasteiger charge is 2.46. The van der Waals surface area contributed by atoms with E-state index in [-0.39, 0.29) is 17.8 Å². The molecule has 4 rings (SSSR count). The second kappa shape index (κ2) is 5.86. The number of nitrogens with zero attached hydrogens (tertiary/aromatic N) is 2. The van der Waals surface area contributed by atoms with Crippen molar-refractivity contribution < 1.29 is 19.1 Å². The van der Waals surface area contributed by atoms with Crippen molar-refractivity contribution in [1.29, 1.82) is 0 Å².